The summed E-state index contributed by atoms with van der Waals surface area (Å²) in [7, 11) is 2.85. The summed E-state index contributed by atoms with van der Waals surface area (Å²) in [6.07, 6.45) is 0. The Balaban J connectivity index is 1.95. The molecule has 0 fully saturated rings. The Kier molecular flexibility index (Phi) is 7.81. The fraction of sp³-hybridized carbons (Fsp3) is 0.417. The summed E-state index contributed by atoms with van der Waals surface area (Å²) in [5.41, 5.74) is 2.04. The third kappa shape index (κ3) is 5.15. The first-order valence-corrected chi connectivity index (χ1v) is 12.5. The van der Waals surface area contributed by atoms with E-state index in [2.05, 4.69) is 62.7 Å². The number of hydrogen-bond acceptors (Lipinski definition) is 5. The van der Waals surface area contributed by atoms with Crippen LogP contribution in [0.25, 0.3) is 0 Å². The molecular weight excluding hydrogens is 444 g/mol. The zero-order valence-electron chi connectivity index (χ0n) is 19.3. The normalized spacial score (nSPS) is 19.5. The molecule has 1 atom stereocenters. The van der Waals surface area contributed by atoms with Crippen molar-refractivity contribution in [3.8, 4) is 0 Å². The molecule has 0 saturated carbocycles. The summed E-state index contributed by atoms with van der Waals surface area (Å²) in [6.45, 7) is 10.8. The van der Waals surface area contributed by atoms with E-state index in [0.29, 0.717) is 30.4 Å². The number of rotatable bonds is 8. The lowest BCUT2D eigenvalue weighted by Crippen LogP contribution is -2.59. The molecule has 168 valence electrons. The predicted molar refractivity (Wildman–Crippen MR) is 134 cm³/mol. The molecule has 31 heavy (non-hydrogen) atoms. The second-order valence-electron chi connectivity index (χ2n) is 8.97. The van der Waals surface area contributed by atoms with Crippen LogP contribution in [0.15, 0.2) is 70.2 Å². The molecule has 7 heteroatoms. The number of hydrogen-bond donors (Lipinski definition) is 0. The Morgan fingerprint density at radius 1 is 1.06 bits per heavy atom. The van der Waals surface area contributed by atoms with Crippen LogP contribution in [-0.2, 0) is 15.8 Å². The molecule has 0 bridgehead atoms. The molecular formula is C24H33ClN2O2SSi. The summed E-state index contributed by atoms with van der Waals surface area (Å²) >= 11 is 8.00. The number of ether oxygens (including phenoxy) is 1. The van der Waals surface area contributed by atoms with Gasteiger partial charge in [-0.25, -0.2) is 0 Å². The van der Waals surface area contributed by atoms with Crippen LogP contribution in [0.3, 0.4) is 0 Å². The van der Waals surface area contributed by atoms with Gasteiger partial charge in [0, 0.05) is 22.4 Å². The fourth-order valence-electron chi connectivity index (χ4n) is 3.91. The van der Waals surface area contributed by atoms with Crippen LogP contribution in [0, 0.1) is 5.41 Å². The molecule has 1 aliphatic heterocycles. The van der Waals surface area contributed by atoms with E-state index in [4.69, 9.17) is 20.8 Å². The first-order valence-electron chi connectivity index (χ1n) is 10.5. The van der Waals surface area contributed by atoms with Crippen molar-refractivity contribution in [3.63, 3.8) is 0 Å². The van der Waals surface area contributed by atoms with Gasteiger partial charge in [0.05, 0.1) is 18.9 Å². The molecule has 0 saturated heterocycles. The van der Waals surface area contributed by atoms with Crippen LogP contribution in [0.5, 0.6) is 0 Å². The molecule has 0 amide bonds. The minimum absolute atomic E-state index is 0.0368. The zero-order valence-corrected chi connectivity index (χ0v) is 22.9. The van der Waals surface area contributed by atoms with Crippen LogP contribution in [-0.4, -0.2) is 46.3 Å². The summed E-state index contributed by atoms with van der Waals surface area (Å²) < 4.78 is 12.0. The lowest BCUT2D eigenvalue weighted by Gasteiger charge is -2.51. The smallest absolute Gasteiger partial charge is 0.146 e. The molecule has 2 aromatic carbocycles. The minimum atomic E-state index is -0.278. The predicted octanol–water partition coefficient (Wildman–Crippen LogP) is 5.08. The number of halogens is 1. The number of thioether (sulfide) groups is 1. The highest BCUT2D eigenvalue weighted by molar-refractivity contribution is 8.03. The maximum absolute atomic E-state index is 6.28. The van der Waals surface area contributed by atoms with Gasteiger partial charge in [0.15, 0.2) is 0 Å². The summed E-state index contributed by atoms with van der Waals surface area (Å²) in [5, 5.41) is 1.90. The fourth-order valence-corrected chi connectivity index (χ4v) is 5.65. The monoisotopic (exact) mass is 476 g/mol. The van der Waals surface area contributed by atoms with Crippen LogP contribution >= 0.6 is 23.4 Å². The van der Waals surface area contributed by atoms with Gasteiger partial charge in [-0.2, -0.15) is 0 Å². The van der Waals surface area contributed by atoms with Gasteiger partial charge < -0.3 is 19.0 Å². The van der Waals surface area contributed by atoms with Gasteiger partial charge >= 0.3 is 0 Å². The SMILES string of the molecule is CN1C(CO[SiH3])=C(Sc2cccc(Cl)c2)N(COCc2ccccc2)C1(C)C(C)(C)C. The number of likely N-dealkylation sites (N-methyl/N-ethyl adjacent to an activating group) is 1. The Labute approximate surface area is 199 Å². The van der Waals surface area contributed by atoms with E-state index < -0.39 is 0 Å². The number of nitrogens with zero attached hydrogens (tertiary/aromatic N) is 2. The first-order chi connectivity index (χ1) is 14.7. The van der Waals surface area contributed by atoms with Crippen molar-refractivity contribution >= 4 is 33.8 Å². The van der Waals surface area contributed by atoms with E-state index >= 15 is 0 Å². The highest BCUT2D eigenvalue weighted by Gasteiger charge is 2.53. The average molecular weight is 477 g/mol. The third-order valence-corrected chi connectivity index (χ3v) is 7.78. The van der Waals surface area contributed by atoms with Gasteiger partial charge in [0.1, 0.15) is 27.9 Å². The topological polar surface area (TPSA) is 24.9 Å². The molecule has 4 nitrogen and oxygen atoms in total. The summed E-state index contributed by atoms with van der Waals surface area (Å²) in [5.74, 6) is 0. The van der Waals surface area contributed by atoms with Crippen LogP contribution in [0.2, 0.25) is 5.02 Å². The first kappa shape index (κ1) is 24.2. The molecule has 3 rings (SSSR count). The molecule has 1 heterocycles. The van der Waals surface area contributed by atoms with Gasteiger partial charge in [0.2, 0.25) is 0 Å². The molecule has 0 N–H and O–H groups in total. The average Bonchev–Trinajstić information content (AvgIpc) is 2.92. The summed E-state index contributed by atoms with van der Waals surface area (Å²) in [4.78, 5) is 5.86. The maximum atomic E-state index is 6.28. The molecule has 2 aromatic rings. The van der Waals surface area contributed by atoms with Crippen LogP contribution in [0.1, 0.15) is 33.3 Å². The Morgan fingerprint density at radius 2 is 1.77 bits per heavy atom. The van der Waals surface area contributed by atoms with Gasteiger partial charge in [-0.1, -0.05) is 80.5 Å². The van der Waals surface area contributed by atoms with E-state index in [0.717, 1.165) is 14.9 Å². The molecule has 1 aliphatic rings. The van der Waals surface area contributed by atoms with Crippen LogP contribution < -0.4 is 0 Å². The quantitative estimate of drug-likeness (QED) is 0.494. The second-order valence-corrected chi connectivity index (χ2v) is 11.0. The van der Waals surface area contributed by atoms with Crippen molar-refractivity contribution in [1.29, 1.82) is 0 Å². The minimum Gasteiger partial charge on any atom is -0.422 e. The van der Waals surface area contributed by atoms with E-state index in [1.807, 2.05) is 36.4 Å². The third-order valence-electron chi connectivity index (χ3n) is 6.12. The molecule has 0 aliphatic carbocycles. The van der Waals surface area contributed by atoms with Gasteiger partial charge in [-0.05, 0) is 30.7 Å². The molecule has 1 unspecified atom stereocenters. The standard InChI is InChI=1S/C24H33ClN2O2SSi/c1-23(2,3)24(4)26(5)21(16-29-31)22(30-20-13-9-12-19(25)14-20)27(24)17-28-15-18-10-7-6-8-11-18/h6-14H,15-17H2,1-5,31H3. The van der Waals surface area contributed by atoms with Crippen LogP contribution in [0.4, 0.5) is 0 Å². The van der Waals surface area contributed by atoms with Crippen molar-refractivity contribution in [1.82, 2.24) is 9.80 Å². The van der Waals surface area contributed by atoms with Crippen molar-refractivity contribution in [2.45, 2.75) is 44.9 Å². The van der Waals surface area contributed by atoms with Crippen molar-refractivity contribution < 1.29 is 9.16 Å². The van der Waals surface area contributed by atoms with Gasteiger partial charge in [-0.3, -0.25) is 0 Å². The highest BCUT2D eigenvalue weighted by Crippen LogP contribution is 2.51. The molecule has 0 aromatic heterocycles. The van der Waals surface area contributed by atoms with Crippen molar-refractivity contribution in [3.05, 3.63) is 75.9 Å². The van der Waals surface area contributed by atoms with E-state index in [1.54, 1.807) is 11.8 Å². The van der Waals surface area contributed by atoms with E-state index in [-0.39, 0.29) is 11.1 Å². The zero-order chi connectivity index (χ0) is 22.6. The Bertz CT molecular complexity index is 919. The highest BCUT2D eigenvalue weighted by atomic mass is 35.5. The van der Waals surface area contributed by atoms with E-state index in [9.17, 15) is 0 Å². The van der Waals surface area contributed by atoms with Crippen molar-refractivity contribution in [2.24, 2.45) is 5.41 Å². The largest absolute Gasteiger partial charge is 0.422 e. The summed E-state index contributed by atoms with van der Waals surface area (Å²) in [6, 6.07) is 18.3. The van der Waals surface area contributed by atoms with E-state index in [1.165, 1.54) is 11.3 Å². The van der Waals surface area contributed by atoms with Gasteiger partial charge in [-0.15, -0.1) is 0 Å². The Morgan fingerprint density at radius 3 is 2.39 bits per heavy atom. The Hall–Kier alpha value is -1.44. The van der Waals surface area contributed by atoms with Crippen molar-refractivity contribution in [2.75, 3.05) is 20.4 Å². The lowest BCUT2D eigenvalue weighted by molar-refractivity contribution is -0.0981. The molecule has 0 spiro atoms. The van der Waals surface area contributed by atoms with Gasteiger partial charge in [0.25, 0.3) is 0 Å². The molecule has 0 radical (unpaired) electrons. The maximum Gasteiger partial charge on any atom is 0.146 e. The number of benzene rings is 2. The second kappa shape index (κ2) is 10.0. The lowest BCUT2D eigenvalue weighted by atomic mass is 9.80.